The first-order valence-electron chi connectivity index (χ1n) is 7.80. The van der Waals surface area contributed by atoms with Crippen molar-refractivity contribution >= 4 is 11.9 Å². The lowest BCUT2D eigenvalue weighted by atomic mass is 10.1. The monoisotopic (exact) mass is 318 g/mol. The lowest BCUT2D eigenvalue weighted by molar-refractivity contribution is 0.104. The Kier molecular flexibility index (Phi) is 4.87. The number of carbonyl (C=O) groups excluding carboxylic acids is 1. The van der Waals surface area contributed by atoms with E-state index in [1.807, 2.05) is 66.2 Å². The number of hydrogen-bond acceptors (Lipinski definition) is 3. The zero-order valence-electron chi connectivity index (χ0n) is 13.4. The molecule has 0 N–H and O–H groups in total. The maximum Gasteiger partial charge on any atom is 0.185 e. The maximum absolute atomic E-state index is 12.4. The van der Waals surface area contributed by atoms with Gasteiger partial charge in [-0.1, -0.05) is 30.3 Å². The summed E-state index contributed by atoms with van der Waals surface area (Å²) < 4.78 is 7.33. The first-order chi connectivity index (χ1) is 11.8. The molecule has 0 fully saturated rings. The highest BCUT2D eigenvalue weighted by Gasteiger charge is 2.04. The van der Waals surface area contributed by atoms with Crippen molar-refractivity contribution < 1.29 is 9.53 Å². The molecule has 0 aliphatic rings. The van der Waals surface area contributed by atoms with E-state index in [-0.39, 0.29) is 5.78 Å². The maximum atomic E-state index is 12.4. The van der Waals surface area contributed by atoms with Gasteiger partial charge >= 0.3 is 0 Å². The smallest absolute Gasteiger partial charge is 0.185 e. The standard InChI is InChI=1S/C20H18N2O2/c1-2-24-19-8-3-5-16(13-19)9-10-20(23)17-6-4-7-18(14-17)22-12-11-21-15-22/h3-15H,2H2,1H3/b10-9+. The number of carbonyl (C=O) groups is 1. The van der Waals surface area contributed by atoms with Gasteiger partial charge in [0.1, 0.15) is 5.75 Å². The minimum absolute atomic E-state index is 0.0428. The van der Waals surface area contributed by atoms with Gasteiger partial charge in [-0.15, -0.1) is 0 Å². The van der Waals surface area contributed by atoms with Crippen LogP contribution in [0, 0.1) is 0 Å². The first kappa shape index (κ1) is 15.7. The number of aromatic nitrogens is 2. The molecule has 3 rings (SSSR count). The quantitative estimate of drug-likeness (QED) is 0.506. The number of allylic oxidation sites excluding steroid dienone is 1. The summed E-state index contributed by atoms with van der Waals surface area (Å²) in [5.74, 6) is 0.757. The summed E-state index contributed by atoms with van der Waals surface area (Å²) in [6, 6.07) is 15.1. The lowest BCUT2D eigenvalue weighted by Gasteiger charge is -2.04. The molecule has 4 heteroatoms. The van der Waals surface area contributed by atoms with E-state index in [1.54, 1.807) is 24.7 Å². The second-order valence-electron chi connectivity index (χ2n) is 5.22. The molecule has 4 nitrogen and oxygen atoms in total. The second kappa shape index (κ2) is 7.42. The number of hydrogen-bond donors (Lipinski definition) is 0. The summed E-state index contributed by atoms with van der Waals surface area (Å²) in [6.45, 7) is 2.56. The van der Waals surface area contributed by atoms with Crippen LogP contribution in [0.4, 0.5) is 0 Å². The average Bonchev–Trinajstić information content (AvgIpc) is 3.15. The molecule has 0 spiro atoms. The van der Waals surface area contributed by atoms with Crippen LogP contribution >= 0.6 is 0 Å². The molecule has 0 amide bonds. The first-order valence-corrected chi connectivity index (χ1v) is 7.80. The highest BCUT2D eigenvalue weighted by atomic mass is 16.5. The molecular formula is C20H18N2O2. The number of ketones is 1. The van der Waals surface area contributed by atoms with Crippen molar-refractivity contribution in [1.29, 1.82) is 0 Å². The number of benzene rings is 2. The van der Waals surface area contributed by atoms with Crippen molar-refractivity contribution in [3.05, 3.63) is 84.5 Å². The Labute approximate surface area is 141 Å². The minimum Gasteiger partial charge on any atom is -0.494 e. The highest BCUT2D eigenvalue weighted by Crippen LogP contribution is 2.16. The fraction of sp³-hybridized carbons (Fsp3) is 0.100. The van der Waals surface area contributed by atoms with Crippen molar-refractivity contribution in [3.63, 3.8) is 0 Å². The van der Waals surface area contributed by atoms with Crippen molar-refractivity contribution in [2.75, 3.05) is 6.61 Å². The number of ether oxygens (including phenoxy) is 1. The van der Waals surface area contributed by atoms with Crippen LogP contribution in [0.3, 0.4) is 0 Å². The summed E-state index contributed by atoms with van der Waals surface area (Å²) >= 11 is 0. The Bertz CT molecular complexity index is 852. The van der Waals surface area contributed by atoms with Gasteiger partial charge in [-0.25, -0.2) is 4.98 Å². The van der Waals surface area contributed by atoms with Gasteiger partial charge in [-0.3, -0.25) is 4.79 Å². The number of nitrogens with zero attached hydrogens (tertiary/aromatic N) is 2. The predicted molar refractivity (Wildman–Crippen MR) is 94.5 cm³/mol. The van der Waals surface area contributed by atoms with E-state index in [2.05, 4.69) is 4.98 Å². The molecule has 120 valence electrons. The zero-order valence-corrected chi connectivity index (χ0v) is 13.4. The molecule has 0 saturated carbocycles. The van der Waals surface area contributed by atoms with E-state index in [4.69, 9.17) is 4.74 Å². The number of rotatable bonds is 6. The van der Waals surface area contributed by atoms with Crippen LogP contribution in [0.15, 0.2) is 73.3 Å². The Morgan fingerprint density at radius 1 is 1.21 bits per heavy atom. The van der Waals surface area contributed by atoms with Gasteiger partial charge in [-0.2, -0.15) is 0 Å². The summed E-state index contributed by atoms with van der Waals surface area (Å²) in [5.41, 5.74) is 2.48. The highest BCUT2D eigenvalue weighted by molar-refractivity contribution is 6.07. The van der Waals surface area contributed by atoms with Crippen molar-refractivity contribution in [2.45, 2.75) is 6.92 Å². The molecule has 0 atom stereocenters. The van der Waals surface area contributed by atoms with Crippen LogP contribution in [0.5, 0.6) is 5.75 Å². The fourth-order valence-electron chi connectivity index (χ4n) is 2.37. The third-order valence-electron chi connectivity index (χ3n) is 3.53. The topological polar surface area (TPSA) is 44.1 Å². The molecule has 24 heavy (non-hydrogen) atoms. The van der Waals surface area contributed by atoms with Gasteiger partial charge < -0.3 is 9.30 Å². The SMILES string of the molecule is CCOc1cccc(/C=C/C(=O)c2cccc(-n3ccnc3)c2)c1. The predicted octanol–water partition coefficient (Wildman–Crippen LogP) is 4.17. The number of imidazole rings is 1. The molecule has 0 aliphatic heterocycles. The van der Waals surface area contributed by atoms with Crippen LogP contribution in [-0.2, 0) is 0 Å². The summed E-state index contributed by atoms with van der Waals surface area (Å²) in [5, 5.41) is 0. The van der Waals surface area contributed by atoms with Crippen LogP contribution in [0.2, 0.25) is 0 Å². The fourth-order valence-corrected chi connectivity index (χ4v) is 2.37. The van der Waals surface area contributed by atoms with Gasteiger partial charge in [0.15, 0.2) is 5.78 Å². The van der Waals surface area contributed by atoms with E-state index < -0.39 is 0 Å². The molecule has 1 heterocycles. The Morgan fingerprint density at radius 2 is 2.08 bits per heavy atom. The van der Waals surface area contributed by atoms with Gasteiger partial charge in [0.2, 0.25) is 0 Å². The van der Waals surface area contributed by atoms with E-state index in [0.29, 0.717) is 12.2 Å². The average molecular weight is 318 g/mol. The Hall–Kier alpha value is -3.14. The van der Waals surface area contributed by atoms with E-state index in [1.165, 1.54) is 0 Å². The third kappa shape index (κ3) is 3.79. The lowest BCUT2D eigenvalue weighted by Crippen LogP contribution is -1.97. The van der Waals surface area contributed by atoms with Crippen molar-refractivity contribution in [1.82, 2.24) is 9.55 Å². The summed E-state index contributed by atoms with van der Waals surface area (Å²) in [4.78, 5) is 16.4. The van der Waals surface area contributed by atoms with E-state index >= 15 is 0 Å². The van der Waals surface area contributed by atoms with Gasteiger partial charge in [0, 0.05) is 23.6 Å². The van der Waals surface area contributed by atoms with Gasteiger partial charge in [0.05, 0.1) is 12.9 Å². The molecule has 0 bridgehead atoms. The van der Waals surface area contributed by atoms with Gasteiger partial charge in [0.25, 0.3) is 0 Å². The molecule has 0 aliphatic carbocycles. The molecule has 0 radical (unpaired) electrons. The second-order valence-corrected chi connectivity index (χ2v) is 5.22. The molecule has 3 aromatic rings. The molecule has 2 aromatic carbocycles. The van der Waals surface area contributed by atoms with Crippen molar-refractivity contribution in [3.8, 4) is 11.4 Å². The molecule has 1 aromatic heterocycles. The third-order valence-corrected chi connectivity index (χ3v) is 3.53. The van der Waals surface area contributed by atoms with Crippen LogP contribution in [0.1, 0.15) is 22.8 Å². The van der Waals surface area contributed by atoms with Crippen LogP contribution in [-0.4, -0.2) is 21.9 Å². The van der Waals surface area contributed by atoms with E-state index in [9.17, 15) is 4.79 Å². The normalized spacial score (nSPS) is 10.9. The summed E-state index contributed by atoms with van der Waals surface area (Å²) in [7, 11) is 0. The zero-order chi connectivity index (χ0) is 16.8. The van der Waals surface area contributed by atoms with E-state index in [0.717, 1.165) is 17.0 Å². The molecule has 0 unspecified atom stereocenters. The molecular weight excluding hydrogens is 300 g/mol. The van der Waals surface area contributed by atoms with Gasteiger partial charge in [-0.05, 0) is 42.8 Å². The van der Waals surface area contributed by atoms with Crippen molar-refractivity contribution in [2.24, 2.45) is 0 Å². The molecule has 0 saturated heterocycles. The minimum atomic E-state index is -0.0428. The Balaban J connectivity index is 1.77. The largest absolute Gasteiger partial charge is 0.494 e. The summed E-state index contributed by atoms with van der Waals surface area (Å²) in [6.07, 6.45) is 8.64. The van der Waals surface area contributed by atoms with Crippen LogP contribution in [0.25, 0.3) is 11.8 Å². The van der Waals surface area contributed by atoms with Crippen LogP contribution < -0.4 is 4.74 Å². The Morgan fingerprint density at radius 3 is 2.88 bits per heavy atom.